The van der Waals surface area contributed by atoms with Crippen molar-refractivity contribution in [3.8, 4) is 0 Å². The SMILES string of the molecule is CCC1(C)CCN(CC(C)(O)CN)CC1. The molecule has 0 aromatic carbocycles. The third-order valence-electron chi connectivity index (χ3n) is 3.92. The molecule has 0 aromatic rings. The summed E-state index contributed by atoms with van der Waals surface area (Å²) in [5.41, 5.74) is 5.32. The molecule has 1 aliphatic heterocycles. The number of aliphatic hydroxyl groups is 1. The van der Waals surface area contributed by atoms with Gasteiger partial charge in [-0.25, -0.2) is 0 Å². The van der Waals surface area contributed by atoms with Gasteiger partial charge in [-0.1, -0.05) is 20.3 Å². The normalized spacial score (nSPS) is 26.2. The van der Waals surface area contributed by atoms with Crippen LogP contribution in [-0.4, -0.2) is 41.8 Å². The summed E-state index contributed by atoms with van der Waals surface area (Å²) >= 11 is 0. The molecule has 1 saturated heterocycles. The van der Waals surface area contributed by atoms with Crippen molar-refractivity contribution < 1.29 is 5.11 Å². The molecule has 0 bridgehead atoms. The van der Waals surface area contributed by atoms with Gasteiger partial charge in [-0.05, 0) is 38.3 Å². The smallest absolute Gasteiger partial charge is 0.0867 e. The van der Waals surface area contributed by atoms with Crippen LogP contribution in [0.3, 0.4) is 0 Å². The zero-order valence-electron chi connectivity index (χ0n) is 10.4. The van der Waals surface area contributed by atoms with Gasteiger partial charge in [0.05, 0.1) is 5.60 Å². The van der Waals surface area contributed by atoms with E-state index in [2.05, 4.69) is 18.7 Å². The Morgan fingerprint density at radius 2 is 1.93 bits per heavy atom. The van der Waals surface area contributed by atoms with Gasteiger partial charge in [0.2, 0.25) is 0 Å². The zero-order chi connectivity index (χ0) is 11.5. The van der Waals surface area contributed by atoms with Gasteiger partial charge in [-0.2, -0.15) is 0 Å². The first-order chi connectivity index (χ1) is 6.91. The first-order valence-corrected chi connectivity index (χ1v) is 6.06. The summed E-state index contributed by atoms with van der Waals surface area (Å²) in [6, 6.07) is 0. The molecule has 3 nitrogen and oxygen atoms in total. The van der Waals surface area contributed by atoms with E-state index < -0.39 is 5.60 Å². The Morgan fingerprint density at radius 1 is 1.40 bits per heavy atom. The number of nitrogens with zero attached hydrogens (tertiary/aromatic N) is 1. The van der Waals surface area contributed by atoms with E-state index in [-0.39, 0.29) is 0 Å². The average Bonchev–Trinajstić information content (AvgIpc) is 2.22. The van der Waals surface area contributed by atoms with Crippen LogP contribution >= 0.6 is 0 Å². The highest BCUT2D eigenvalue weighted by atomic mass is 16.3. The lowest BCUT2D eigenvalue weighted by Crippen LogP contribution is -2.49. The van der Waals surface area contributed by atoms with Gasteiger partial charge in [0.25, 0.3) is 0 Å². The largest absolute Gasteiger partial charge is 0.388 e. The molecule has 0 radical (unpaired) electrons. The summed E-state index contributed by atoms with van der Waals surface area (Å²) in [5, 5.41) is 9.90. The summed E-state index contributed by atoms with van der Waals surface area (Å²) in [7, 11) is 0. The molecule has 1 atom stereocenters. The molecule has 1 aliphatic rings. The highest BCUT2D eigenvalue weighted by Crippen LogP contribution is 2.34. The zero-order valence-corrected chi connectivity index (χ0v) is 10.4. The molecule has 1 unspecified atom stereocenters. The Bertz CT molecular complexity index is 196. The second-order valence-corrected chi connectivity index (χ2v) is 5.64. The molecule has 1 heterocycles. The van der Waals surface area contributed by atoms with E-state index in [1.807, 2.05) is 6.92 Å². The minimum Gasteiger partial charge on any atom is -0.388 e. The first kappa shape index (κ1) is 12.9. The molecule has 0 aromatic heterocycles. The highest BCUT2D eigenvalue weighted by Gasteiger charge is 2.31. The number of rotatable bonds is 4. The van der Waals surface area contributed by atoms with Crippen molar-refractivity contribution >= 4 is 0 Å². The quantitative estimate of drug-likeness (QED) is 0.739. The van der Waals surface area contributed by atoms with E-state index in [1.165, 1.54) is 19.3 Å². The molecule has 15 heavy (non-hydrogen) atoms. The van der Waals surface area contributed by atoms with Gasteiger partial charge in [-0.15, -0.1) is 0 Å². The molecular weight excluding hydrogens is 188 g/mol. The minimum absolute atomic E-state index is 0.342. The van der Waals surface area contributed by atoms with E-state index in [4.69, 9.17) is 5.73 Å². The lowest BCUT2D eigenvalue weighted by Gasteiger charge is -2.41. The summed E-state index contributed by atoms with van der Waals surface area (Å²) in [4.78, 5) is 2.34. The predicted molar refractivity (Wildman–Crippen MR) is 63.8 cm³/mol. The molecule has 0 saturated carbocycles. The molecule has 3 N–H and O–H groups in total. The molecule has 0 spiro atoms. The monoisotopic (exact) mass is 214 g/mol. The summed E-state index contributed by atoms with van der Waals surface area (Å²) in [5.74, 6) is 0. The van der Waals surface area contributed by atoms with Crippen molar-refractivity contribution in [3.05, 3.63) is 0 Å². The molecule has 1 rings (SSSR count). The number of nitrogens with two attached hydrogens (primary N) is 1. The predicted octanol–water partition coefficient (Wildman–Crippen LogP) is 1.21. The molecular formula is C12H26N2O. The van der Waals surface area contributed by atoms with Crippen LogP contribution in [0.4, 0.5) is 0 Å². The van der Waals surface area contributed by atoms with E-state index in [0.717, 1.165) is 13.1 Å². The summed E-state index contributed by atoms with van der Waals surface area (Å²) < 4.78 is 0. The fraction of sp³-hybridized carbons (Fsp3) is 1.00. The maximum Gasteiger partial charge on any atom is 0.0867 e. The van der Waals surface area contributed by atoms with Crippen LogP contribution < -0.4 is 5.73 Å². The van der Waals surface area contributed by atoms with E-state index in [1.54, 1.807) is 0 Å². The third kappa shape index (κ3) is 3.74. The fourth-order valence-corrected chi connectivity index (χ4v) is 2.15. The fourth-order valence-electron chi connectivity index (χ4n) is 2.15. The molecule has 1 fully saturated rings. The lowest BCUT2D eigenvalue weighted by atomic mass is 9.78. The van der Waals surface area contributed by atoms with Gasteiger partial charge in [0, 0.05) is 13.1 Å². The van der Waals surface area contributed by atoms with Gasteiger partial charge < -0.3 is 15.7 Å². The van der Waals surface area contributed by atoms with Gasteiger partial charge in [-0.3, -0.25) is 0 Å². The third-order valence-corrected chi connectivity index (χ3v) is 3.92. The lowest BCUT2D eigenvalue weighted by molar-refractivity contribution is 0.00574. The molecule has 90 valence electrons. The van der Waals surface area contributed by atoms with Crippen LogP contribution in [0.25, 0.3) is 0 Å². The van der Waals surface area contributed by atoms with E-state index in [0.29, 0.717) is 18.5 Å². The van der Waals surface area contributed by atoms with Crippen LogP contribution in [0.1, 0.15) is 40.0 Å². The Morgan fingerprint density at radius 3 is 2.33 bits per heavy atom. The number of likely N-dealkylation sites (tertiary alicyclic amines) is 1. The summed E-state index contributed by atoms with van der Waals surface area (Å²) in [6.45, 7) is 9.70. The Kier molecular flexibility index (Phi) is 4.15. The number of piperidine rings is 1. The average molecular weight is 214 g/mol. The minimum atomic E-state index is -0.722. The topological polar surface area (TPSA) is 49.5 Å². The summed E-state index contributed by atoms with van der Waals surface area (Å²) in [6.07, 6.45) is 3.74. The number of hydrogen-bond acceptors (Lipinski definition) is 3. The van der Waals surface area contributed by atoms with Gasteiger partial charge in [0.15, 0.2) is 0 Å². The van der Waals surface area contributed by atoms with Crippen LogP contribution in [0.5, 0.6) is 0 Å². The van der Waals surface area contributed by atoms with Crippen LogP contribution in [0.2, 0.25) is 0 Å². The first-order valence-electron chi connectivity index (χ1n) is 6.06. The van der Waals surface area contributed by atoms with Crippen molar-refractivity contribution in [1.82, 2.24) is 4.90 Å². The number of hydrogen-bond donors (Lipinski definition) is 2. The van der Waals surface area contributed by atoms with Crippen molar-refractivity contribution in [1.29, 1.82) is 0 Å². The van der Waals surface area contributed by atoms with Crippen LogP contribution in [0.15, 0.2) is 0 Å². The van der Waals surface area contributed by atoms with Crippen molar-refractivity contribution in [3.63, 3.8) is 0 Å². The Balaban J connectivity index is 2.38. The van der Waals surface area contributed by atoms with Gasteiger partial charge in [0.1, 0.15) is 0 Å². The molecule has 0 aliphatic carbocycles. The second kappa shape index (κ2) is 4.81. The highest BCUT2D eigenvalue weighted by molar-refractivity contribution is 4.85. The van der Waals surface area contributed by atoms with Gasteiger partial charge >= 0.3 is 0 Å². The van der Waals surface area contributed by atoms with E-state index >= 15 is 0 Å². The van der Waals surface area contributed by atoms with Crippen LogP contribution in [-0.2, 0) is 0 Å². The van der Waals surface area contributed by atoms with Crippen molar-refractivity contribution in [2.75, 3.05) is 26.2 Å². The maximum atomic E-state index is 9.90. The Labute approximate surface area is 93.6 Å². The standard InChI is InChI=1S/C12H26N2O/c1-4-11(2)5-7-14(8-6-11)10-12(3,15)9-13/h15H,4-10,13H2,1-3H3. The van der Waals surface area contributed by atoms with Crippen molar-refractivity contribution in [2.24, 2.45) is 11.1 Å². The van der Waals surface area contributed by atoms with Crippen molar-refractivity contribution in [2.45, 2.75) is 45.6 Å². The maximum absolute atomic E-state index is 9.90. The molecule has 3 heteroatoms. The van der Waals surface area contributed by atoms with E-state index in [9.17, 15) is 5.11 Å². The van der Waals surface area contributed by atoms with Crippen LogP contribution in [0, 0.1) is 5.41 Å². The number of β-amino-alcohol motifs (C(OH)–C–C–N with tert-alkyl or cyclic N) is 1. The Hall–Kier alpha value is -0.120. The molecule has 0 amide bonds. The second-order valence-electron chi connectivity index (χ2n) is 5.64.